The standard InChI is InChI=1S/C42H49N7O5/c1-25(2)36(47-40(51)53-6)39(50)48-19-7-9-34(48)37-44-24-33(46-37)31-18-17-29-21-28(15-16-30(29)22-31)26-11-13-27(14-12-26)32-23-43-38(45-32)35-10-8-20-49(35)41(52)54-42(3,4)5/h11-18,21-25,34-36H,7-10,19-20H2,1-6H3,(H,43,45)(H,44,46)(H,47,51)/t34-,35+,36-/m0/s1. The first kappa shape index (κ1) is 36.7. The van der Waals surface area contributed by atoms with Gasteiger partial charge in [0.05, 0.1) is 43.0 Å². The minimum absolute atomic E-state index is 0.0963. The monoisotopic (exact) mass is 731 g/mol. The third-order valence-electron chi connectivity index (χ3n) is 10.3. The molecule has 5 aromatic rings. The minimum Gasteiger partial charge on any atom is -0.453 e. The number of alkyl carbamates (subject to hydrolysis) is 1. The Morgan fingerprint density at radius 3 is 1.87 bits per heavy atom. The molecule has 12 heteroatoms. The summed E-state index contributed by atoms with van der Waals surface area (Å²) in [4.78, 5) is 58.2. The van der Waals surface area contributed by atoms with Crippen LogP contribution < -0.4 is 5.32 Å². The van der Waals surface area contributed by atoms with E-state index in [1.54, 1.807) is 4.90 Å². The van der Waals surface area contributed by atoms with Gasteiger partial charge in [-0.3, -0.25) is 9.69 Å². The van der Waals surface area contributed by atoms with Crippen LogP contribution in [0.25, 0.3) is 44.4 Å². The summed E-state index contributed by atoms with van der Waals surface area (Å²) < 4.78 is 10.4. The highest BCUT2D eigenvalue weighted by molar-refractivity contribution is 5.91. The molecule has 2 aliphatic heterocycles. The first-order valence-corrected chi connectivity index (χ1v) is 18.8. The molecule has 3 amide bonds. The zero-order chi connectivity index (χ0) is 38.1. The summed E-state index contributed by atoms with van der Waals surface area (Å²) in [5.74, 6) is 1.29. The number of carbonyl (C=O) groups is 3. The number of carbonyl (C=O) groups excluding carboxylic acids is 3. The summed E-state index contributed by atoms with van der Waals surface area (Å²) in [6.07, 6.45) is 6.15. The number of ether oxygens (including phenoxy) is 2. The predicted molar refractivity (Wildman–Crippen MR) is 207 cm³/mol. The van der Waals surface area contributed by atoms with E-state index in [1.165, 1.54) is 7.11 Å². The van der Waals surface area contributed by atoms with Crippen molar-refractivity contribution < 1.29 is 23.9 Å². The lowest BCUT2D eigenvalue weighted by Crippen LogP contribution is -2.51. The van der Waals surface area contributed by atoms with Gasteiger partial charge in [0.2, 0.25) is 5.91 Å². The summed E-state index contributed by atoms with van der Waals surface area (Å²) in [5, 5.41) is 4.93. The minimum atomic E-state index is -0.679. The van der Waals surface area contributed by atoms with Crippen LogP contribution >= 0.6 is 0 Å². The fourth-order valence-corrected chi connectivity index (χ4v) is 7.52. The largest absolute Gasteiger partial charge is 0.453 e. The van der Waals surface area contributed by atoms with E-state index in [4.69, 9.17) is 14.5 Å². The van der Waals surface area contributed by atoms with E-state index in [1.807, 2.05) is 51.9 Å². The molecule has 2 aromatic heterocycles. The highest BCUT2D eigenvalue weighted by Crippen LogP contribution is 2.35. The number of methoxy groups -OCH3 is 1. The fraction of sp³-hybridized carbons (Fsp3) is 0.405. The molecule has 4 heterocycles. The second-order valence-corrected chi connectivity index (χ2v) is 15.6. The molecule has 3 aromatic carbocycles. The smallest absolute Gasteiger partial charge is 0.410 e. The second-order valence-electron chi connectivity index (χ2n) is 15.6. The Morgan fingerprint density at radius 1 is 0.759 bits per heavy atom. The molecule has 0 saturated carbocycles. The number of fused-ring (bicyclic) bond motifs is 1. The van der Waals surface area contributed by atoms with Crippen LogP contribution in [0.5, 0.6) is 0 Å². The van der Waals surface area contributed by atoms with E-state index in [-0.39, 0.29) is 30.0 Å². The Kier molecular flexibility index (Phi) is 10.2. The van der Waals surface area contributed by atoms with Gasteiger partial charge in [0.15, 0.2) is 0 Å². The Balaban J connectivity index is 1.03. The maximum atomic E-state index is 13.6. The van der Waals surface area contributed by atoms with Gasteiger partial charge in [-0.15, -0.1) is 0 Å². The normalized spacial score (nSPS) is 18.0. The van der Waals surface area contributed by atoms with Crippen LogP contribution in [0.3, 0.4) is 0 Å². The number of nitrogens with zero attached hydrogens (tertiary/aromatic N) is 4. The molecule has 0 unspecified atom stereocenters. The Hall–Kier alpha value is -5.65. The van der Waals surface area contributed by atoms with Gasteiger partial charge in [-0.2, -0.15) is 0 Å². The second kappa shape index (κ2) is 15.0. The first-order chi connectivity index (χ1) is 25.9. The van der Waals surface area contributed by atoms with E-state index in [0.29, 0.717) is 13.1 Å². The number of H-pyrrole nitrogens is 2. The molecule has 282 valence electrons. The fourth-order valence-electron chi connectivity index (χ4n) is 7.52. The van der Waals surface area contributed by atoms with Crippen LogP contribution in [0.2, 0.25) is 0 Å². The van der Waals surface area contributed by atoms with Crippen LogP contribution in [-0.2, 0) is 14.3 Å². The number of hydrogen-bond acceptors (Lipinski definition) is 7. The summed E-state index contributed by atoms with van der Waals surface area (Å²) in [6, 6.07) is 20.2. The van der Waals surface area contributed by atoms with Crippen molar-refractivity contribution in [3.63, 3.8) is 0 Å². The number of hydrogen-bond donors (Lipinski definition) is 3. The lowest BCUT2D eigenvalue weighted by Gasteiger charge is -2.30. The third kappa shape index (κ3) is 7.69. The van der Waals surface area contributed by atoms with Gasteiger partial charge < -0.3 is 29.7 Å². The number of nitrogens with one attached hydrogen (secondary N) is 3. The summed E-state index contributed by atoms with van der Waals surface area (Å²) >= 11 is 0. The van der Waals surface area contributed by atoms with Crippen molar-refractivity contribution in [3.8, 4) is 33.6 Å². The van der Waals surface area contributed by atoms with Gasteiger partial charge in [0.25, 0.3) is 0 Å². The van der Waals surface area contributed by atoms with Crippen molar-refractivity contribution in [1.82, 2.24) is 35.1 Å². The predicted octanol–water partition coefficient (Wildman–Crippen LogP) is 8.40. The topological polar surface area (TPSA) is 146 Å². The van der Waals surface area contributed by atoms with E-state index in [0.717, 1.165) is 81.7 Å². The van der Waals surface area contributed by atoms with Gasteiger partial charge in [0, 0.05) is 18.7 Å². The van der Waals surface area contributed by atoms with Crippen LogP contribution in [0.15, 0.2) is 73.1 Å². The van der Waals surface area contributed by atoms with E-state index in [2.05, 4.69) is 80.9 Å². The zero-order valence-electron chi connectivity index (χ0n) is 31.8. The molecule has 2 fully saturated rings. The maximum absolute atomic E-state index is 13.6. The molecule has 0 radical (unpaired) electrons. The van der Waals surface area contributed by atoms with Gasteiger partial charge in [0.1, 0.15) is 23.3 Å². The Bertz CT molecular complexity index is 2150. The highest BCUT2D eigenvalue weighted by atomic mass is 16.6. The average Bonchev–Trinajstić information content (AvgIpc) is 3.98. The van der Waals surface area contributed by atoms with Crippen LogP contribution in [0.4, 0.5) is 9.59 Å². The molecule has 3 atom stereocenters. The lowest BCUT2D eigenvalue weighted by molar-refractivity contribution is -0.135. The molecule has 2 saturated heterocycles. The van der Waals surface area contributed by atoms with E-state index in [9.17, 15) is 14.4 Å². The molecule has 54 heavy (non-hydrogen) atoms. The number of aromatic amines is 2. The van der Waals surface area contributed by atoms with Crippen LogP contribution in [0, 0.1) is 5.92 Å². The van der Waals surface area contributed by atoms with Crippen molar-refractivity contribution in [2.24, 2.45) is 5.92 Å². The Labute approximate surface area is 315 Å². The number of rotatable bonds is 8. The Morgan fingerprint density at radius 2 is 1.28 bits per heavy atom. The van der Waals surface area contributed by atoms with E-state index < -0.39 is 17.7 Å². The lowest BCUT2D eigenvalue weighted by atomic mass is 9.98. The van der Waals surface area contributed by atoms with Crippen molar-refractivity contribution in [3.05, 3.63) is 84.7 Å². The third-order valence-corrected chi connectivity index (χ3v) is 10.3. The molecule has 0 spiro atoms. The molecule has 0 bridgehead atoms. The zero-order valence-corrected chi connectivity index (χ0v) is 31.8. The summed E-state index contributed by atoms with van der Waals surface area (Å²) in [7, 11) is 1.30. The summed E-state index contributed by atoms with van der Waals surface area (Å²) in [6.45, 7) is 10.7. The quantitative estimate of drug-likeness (QED) is 0.145. The molecule has 2 aliphatic rings. The summed E-state index contributed by atoms with van der Waals surface area (Å²) in [5.41, 5.74) is 5.48. The van der Waals surface area contributed by atoms with Crippen LogP contribution in [0.1, 0.15) is 84.0 Å². The number of amides is 3. The number of aromatic nitrogens is 4. The van der Waals surface area contributed by atoms with Crippen molar-refractivity contribution in [2.45, 2.75) is 84.0 Å². The molecule has 0 aliphatic carbocycles. The average molecular weight is 732 g/mol. The number of imidazole rings is 2. The molecular weight excluding hydrogens is 683 g/mol. The molecule has 3 N–H and O–H groups in total. The van der Waals surface area contributed by atoms with Gasteiger partial charge in [-0.05, 0) is 92.0 Å². The van der Waals surface area contributed by atoms with Gasteiger partial charge >= 0.3 is 12.2 Å². The number of likely N-dealkylation sites (tertiary alicyclic amines) is 2. The maximum Gasteiger partial charge on any atom is 0.410 e. The molecule has 7 rings (SSSR count). The first-order valence-electron chi connectivity index (χ1n) is 18.8. The highest BCUT2D eigenvalue weighted by Gasteiger charge is 2.38. The van der Waals surface area contributed by atoms with Crippen molar-refractivity contribution in [2.75, 3.05) is 20.2 Å². The van der Waals surface area contributed by atoms with Crippen molar-refractivity contribution in [1.29, 1.82) is 0 Å². The molecule has 12 nitrogen and oxygen atoms in total. The van der Waals surface area contributed by atoms with Crippen molar-refractivity contribution >= 4 is 28.9 Å². The van der Waals surface area contributed by atoms with Crippen LogP contribution in [-0.4, -0.2) is 79.7 Å². The van der Waals surface area contributed by atoms with E-state index >= 15 is 0 Å². The van der Waals surface area contributed by atoms with Gasteiger partial charge in [-0.1, -0.05) is 62.4 Å². The number of benzene rings is 3. The SMILES string of the molecule is COC(=O)N[C@H](C(=O)N1CCC[C@H]1c1ncc(-c2ccc3cc(-c4ccc(-c5cnc([C@H]6CCCN6C(=O)OC(C)(C)C)[nH]5)cc4)ccc3c2)[nH]1)C(C)C. The molecular formula is C42H49N7O5. The van der Waals surface area contributed by atoms with Gasteiger partial charge in [-0.25, -0.2) is 19.6 Å².